The fourth-order valence-electron chi connectivity index (χ4n) is 2.36. The molecule has 3 N–H and O–H groups in total. The molecule has 0 saturated carbocycles. The Bertz CT molecular complexity index is 614. The molecule has 96 valence electrons. The van der Waals surface area contributed by atoms with Crippen molar-refractivity contribution < 1.29 is 0 Å². The summed E-state index contributed by atoms with van der Waals surface area (Å²) in [7, 11) is 0. The highest BCUT2D eigenvalue weighted by Crippen LogP contribution is 2.18. The summed E-state index contributed by atoms with van der Waals surface area (Å²) in [4.78, 5) is 14.9. The van der Waals surface area contributed by atoms with Gasteiger partial charge in [-0.2, -0.15) is 0 Å². The summed E-state index contributed by atoms with van der Waals surface area (Å²) >= 11 is 0. The largest absolute Gasteiger partial charge is 0.330 e. The Labute approximate surface area is 107 Å². The minimum atomic E-state index is 0.0320. The van der Waals surface area contributed by atoms with E-state index < -0.39 is 0 Å². The van der Waals surface area contributed by atoms with E-state index >= 15 is 0 Å². The normalized spacial score (nSPS) is 11.1. The average molecular weight is 244 g/mol. The van der Waals surface area contributed by atoms with E-state index in [1.165, 1.54) is 11.1 Å². The maximum atomic E-state index is 12.0. The molecule has 0 unspecified atom stereocenters. The Hall–Kier alpha value is -1.61. The second-order valence-corrected chi connectivity index (χ2v) is 4.91. The second kappa shape index (κ2) is 5.36. The van der Waals surface area contributed by atoms with Crippen LogP contribution in [0.15, 0.2) is 23.0 Å². The van der Waals surface area contributed by atoms with Crippen molar-refractivity contribution in [1.82, 2.24) is 4.98 Å². The Morgan fingerprint density at radius 2 is 1.94 bits per heavy atom. The zero-order valence-corrected chi connectivity index (χ0v) is 11.0. The van der Waals surface area contributed by atoms with Crippen LogP contribution in [-0.4, -0.2) is 11.5 Å². The number of nitrogens with two attached hydrogens (primary N) is 1. The third-order valence-electron chi connectivity index (χ3n) is 3.29. The first-order valence-corrected chi connectivity index (χ1v) is 6.45. The van der Waals surface area contributed by atoms with Crippen molar-refractivity contribution in [1.29, 1.82) is 0 Å². The Morgan fingerprint density at radius 1 is 1.17 bits per heavy atom. The quantitative estimate of drug-likeness (QED) is 0.811. The lowest BCUT2D eigenvalue weighted by atomic mass is 10.0. The van der Waals surface area contributed by atoms with Gasteiger partial charge >= 0.3 is 0 Å². The van der Waals surface area contributed by atoms with Gasteiger partial charge in [-0.05, 0) is 62.9 Å². The number of aryl methyl sites for hydroxylation is 3. The Kier molecular flexibility index (Phi) is 3.82. The van der Waals surface area contributed by atoms with Gasteiger partial charge in [0, 0.05) is 16.5 Å². The van der Waals surface area contributed by atoms with Crippen LogP contribution in [0.4, 0.5) is 0 Å². The van der Waals surface area contributed by atoms with Gasteiger partial charge in [0.15, 0.2) is 0 Å². The van der Waals surface area contributed by atoms with E-state index in [-0.39, 0.29) is 5.56 Å². The van der Waals surface area contributed by atoms with Gasteiger partial charge in [0.05, 0.1) is 0 Å². The van der Waals surface area contributed by atoms with Crippen LogP contribution in [0.5, 0.6) is 0 Å². The molecule has 2 rings (SSSR count). The van der Waals surface area contributed by atoms with Crippen molar-refractivity contribution >= 4 is 10.9 Å². The average Bonchev–Trinajstić information content (AvgIpc) is 2.30. The van der Waals surface area contributed by atoms with Crippen LogP contribution in [-0.2, 0) is 6.42 Å². The topological polar surface area (TPSA) is 58.9 Å². The predicted octanol–water partition coefficient (Wildman–Crippen LogP) is 2.43. The number of pyridine rings is 1. The lowest BCUT2D eigenvalue weighted by molar-refractivity contribution is 0.740. The molecule has 3 heteroatoms. The number of unbranched alkanes of at least 4 members (excludes halogenated alkanes) is 1. The van der Waals surface area contributed by atoms with E-state index in [9.17, 15) is 4.79 Å². The second-order valence-electron chi connectivity index (χ2n) is 4.91. The van der Waals surface area contributed by atoms with Crippen LogP contribution in [0.3, 0.4) is 0 Å². The molecule has 1 aromatic heterocycles. The van der Waals surface area contributed by atoms with Crippen molar-refractivity contribution in [3.05, 3.63) is 45.2 Å². The maximum Gasteiger partial charge on any atom is 0.251 e. The SMILES string of the molecule is Cc1cc(C)c2cc(CCCCN)c(=O)[nH]c2c1. The van der Waals surface area contributed by atoms with E-state index in [4.69, 9.17) is 5.73 Å². The van der Waals surface area contributed by atoms with Gasteiger partial charge < -0.3 is 10.7 Å². The molecule has 1 heterocycles. The van der Waals surface area contributed by atoms with Crippen LogP contribution in [0.25, 0.3) is 10.9 Å². The highest BCUT2D eigenvalue weighted by molar-refractivity contribution is 5.83. The minimum absolute atomic E-state index is 0.0320. The molecule has 0 saturated heterocycles. The number of aromatic nitrogens is 1. The van der Waals surface area contributed by atoms with Crippen LogP contribution < -0.4 is 11.3 Å². The number of aromatic amines is 1. The number of hydrogen-bond donors (Lipinski definition) is 2. The molecular formula is C15H20N2O. The van der Waals surface area contributed by atoms with Crippen LogP contribution in [0.2, 0.25) is 0 Å². The summed E-state index contributed by atoms with van der Waals surface area (Å²) in [5.74, 6) is 0. The molecule has 0 aliphatic carbocycles. The van der Waals surface area contributed by atoms with E-state index in [2.05, 4.69) is 18.0 Å². The van der Waals surface area contributed by atoms with Crippen LogP contribution in [0, 0.1) is 13.8 Å². The fraction of sp³-hybridized carbons (Fsp3) is 0.400. The molecule has 0 atom stereocenters. The molecule has 0 aliphatic rings. The molecule has 0 aliphatic heterocycles. The van der Waals surface area contributed by atoms with Gasteiger partial charge in [-0.3, -0.25) is 4.79 Å². The standard InChI is InChI=1S/C15H20N2O/c1-10-7-11(2)13-9-12(5-3-4-6-16)15(18)17-14(13)8-10/h7-9H,3-6,16H2,1-2H3,(H,17,18). The maximum absolute atomic E-state index is 12.0. The van der Waals surface area contributed by atoms with Gasteiger partial charge in [-0.1, -0.05) is 6.07 Å². The van der Waals surface area contributed by atoms with Crippen molar-refractivity contribution in [3.63, 3.8) is 0 Å². The molecule has 1 aromatic carbocycles. The number of rotatable bonds is 4. The molecule has 3 nitrogen and oxygen atoms in total. The molecular weight excluding hydrogens is 224 g/mol. The minimum Gasteiger partial charge on any atom is -0.330 e. The molecule has 18 heavy (non-hydrogen) atoms. The Balaban J connectivity index is 2.44. The number of nitrogens with one attached hydrogen (secondary N) is 1. The molecule has 0 bridgehead atoms. The van der Waals surface area contributed by atoms with Crippen molar-refractivity contribution in [2.45, 2.75) is 33.1 Å². The zero-order valence-electron chi connectivity index (χ0n) is 11.0. The van der Waals surface area contributed by atoms with Crippen molar-refractivity contribution in [3.8, 4) is 0 Å². The van der Waals surface area contributed by atoms with E-state index in [1.54, 1.807) is 0 Å². The highest BCUT2D eigenvalue weighted by atomic mass is 16.1. The number of hydrogen-bond acceptors (Lipinski definition) is 2. The van der Waals surface area contributed by atoms with Crippen LogP contribution >= 0.6 is 0 Å². The molecule has 0 amide bonds. The van der Waals surface area contributed by atoms with Crippen molar-refractivity contribution in [2.24, 2.45) is 5.73 Å². The fourth-order valence-corrected chi connectivity index (χ4v) is 2.36. The van der Waals surface area contributed by atoms with Gasteiger partial charge in [0.1, 0.15) is 0 Å². The summed E-state index contributed by atoms with van der Waals surface area (Å²) in [5.41, 5.74) is 9.68. The Morgan fingerprint density at radius 3 is 2.67 bits per heavy atom. The first-order valence-electron chi connectivity index (χ1n) is 6.45. The van der Waals surface area contributed by atoms with Gasteiger partial charge in [0.25, 0.3) is 5.56 Å². The van der Waals surface area contributed by atoms with E-state index in [0.717, 1.165) is 35.7 Å². The summed E-state index contributed by atoms with van der Waals surface area (Å²) in [6.45, 7) is 4.81. The molecule has 0 radical (unpaired) electrons. The van der Waals surface area contributed by atoms with E-state index in [0.29, 0.717) is 6.54 Å². The summed E-state index contributed by atoms with van der Waals surface area (Å²) in [6, 6.07) is 6.19. The van der Waals surface area contributed by atoms with E-state index in [1.807, 2.05) is 19.1 Å². The van der Waals surface area contributed by atoms with Crippen LogP contribution in [0.1, 0.15) is 29.5 Å². The summed E-state index contributed by atoms with van der Waals surface area (Å²) in [5, 5.41) is 1.14. The first kappa shape index (κ1) is 12.8. The lowest BCUT2D eigenvalue weighted by Gasteiger charge is -2.07. The smallest absolute Gasteiger partial charge is 0.251 e. The van der Waals surface area contributed by atoms with Crippen molar-refractivity contribution in [2.75, 3.05) is 6.54 Å². The van der Waals surface area contributed by atoms with Gasteiger partial charge in [-0.15, -0.1) is 0 Å². The van der Waals surface area contributed by atoms with Gasteiger partial charge in [-0.25, -0.2) is 0 Å². The zero-order chi connectivity index (χ0) is 13.1. The molecule has 0 spiro atoms. The lowest BCUT2D eigenvalue weighted by Crippen LogP contribution is -2.13. The molecule has 2 aromatic rings. The first-order chi connectivity index (χ1) is 8.61. The number of benzene rings is 1. The number of H-pyrrole nitrogens is 1. The number of fused-ring (bicyclic) bond motifs is 1. The highest BCUT2D eigenvalue weighted by Gasteiger charge is 2.05. The predicted molar refractivity (Wildman–Crippen MR) is 76.0 cm³/mol. The summed E-state index contributed by atoms with van der Waals surface area (Å²) in [6.07, 6.45) is 2.73. The third-order valence-corrected chi connectivity index (χ3v) is 3.29. The van der Waals surface area contributed by atoms with Gasteiger partial charge in [0.2, 0.25) is 0 Å². The monoisotopic (exact) mass is 244 g/mol. The molecule has 0 fully saturated rings. The summed E-state index contributed by atoms with van der Waals surface area (Å²) < 4.78 is 0. The third kappa shape index (κ3) is 2.62.